The van der Waals surface area contributed by atoms with Crippen LogP contribution >= 0.6 is 0 Å². The van der Waals surface area contributed by atoms with Crippen LogP contribution < -0.4 is 27.0 Å². The van der Waals surface area contributed by atoms with Gasteiger partial charge in [0, 0.05) is 44.9 Å². The van der Waals surface area contributed by atoms with E-state index in [1.165, 1.54) is 0 Å². The van der Waals surface area contributed by atoms with Crippen LogP contribution in [0, 0.1) is 0 Å². The smallest absolute Gasteiger partial charge is 0.251 e. The third kappa shape index (κ3) is 11.6. The summed E-state index contributed by atoms with van der Waals surface area (Å²) in [5.74, 6) is 1.05. The molecule has 1 heterocycles. The van der Waals surface area contributed by atoms with E-state index in [0.717, 1.165) is 5.56 Å². The Balaban J connectivity index is 1.81. The molecule has 7 N–H and O–H groups in total. The van der Waals surface area contributed by atoms with Gasteiger partial charge in [-0.2, -0.15) is 15.0 Å². The van der Waals surface area contributed by atoms with Crippen molar-refractivity contribution >= 4 is 23.8 Å². The number of aliphatic hydroxyl groups excluding tert-OH is 1. The van der Waals surface area contributed by atoms with Gasteiger partial charge in [0.2, 0.25) is 17.8 Å². The van der Waals surface area contributed by atoms with Crippen LogP contribution in [0.4, 0.5) is 17.8 Å². The predicted octanol–water partition coefficient (Wildman–Crippen LogP) is 0.598. The van der Waals surface area contributed by atoms with E-state index in [-0.39, 0.29) is 12.5 Å². The molecule has 0 fully saturated rings. The lowest BCUT2D eigenvalue weighted by atomic mass is 10.1. The third-order valence-corrected chi connectivity index (χ3v) is 4.49. The van der Waals surface area contributed by atoms with Gasteiger partial charge in [-0.3, -0.25) is 4.79 Å². The molecule has 0 atom stereocenters. The molecule has 0 aliphatic rings. The fourth-order valence-electron chi connectivity index (χ4n) is 2.76. The molecule has 12 heteroatoms. The minimum absolute atomic E-state index is 0.0810. The summed E-state index contributed by atoms with van der Waals surface area (Å²) < 4.78 is 10.6. The molecule has 0 bridgehead atoms. The Labute approximate surface area is 205 Å². The highest BCUT2D eigenvalue weighted by Gasteiger charge is 2.08. The summed E-state index contributed by atoms with van der Waals surface area (Å²) in [6.45, 7) is 8.04. The number of nitrogens with one attached hydrogen (secondary N) is 4. The zero-order valence-electron chi connectivity index (χ0n) is 20.0. The van der Waals surface area contributed by atoms with E-state index in [1.54, 1.807) is 18.2 Å². The number of amides is 1. The first kappa shape index (κ1) is 27.9. The number of nitrogens with two attached hydrogens (primary N) is 1. The maximum Gasteiger partial charge on any atom is 0.251 e. The highest BCUT2D eigenvalue weighted by atomic mass is 16.5. The minimum Gasteiger partial charge on any atom is -0.396 e. The molecule has 0 radical (unpaired) electrons. The molecule has 0 aliphatic heterocycles. The molecule has 0 saturated heterocycles. The number of ether oxygens (including phenoxy) is 2. The lowest BCUT2D eigenvalue weighted by Gasteiger charge is -2.11. The molecule has 192 valence electrons. The van der Waals surface area contributed by atoms with Gasteiger partial charge in [-0.25, -0.2) is 0 Å². The Hall–Kier alpha value is -3.32. The molecule has 0 unspecified atom stereocenters. The molecule has 0 aliphatic carbocycles. The number of benzene rings is 1. The van der Waals surface area contributed by atoms with Gasteiger partial charge < -0.3 is 41.6 Å². The first-order valence-electron chi connectivity index (χ1n) is 11.6. The molecule has 1 aromatic carbocycles. The van der Waals surface area contributed by atoms with E-state index in [1.807, 2.05) is 12.1 Å². The molecule has 2 rings (SSSR count). The number of rotatable bonds is 19. The van der Waals surface area contributed by atoms with Crippen molar-refractivity contribution in [3.05, 3.63) is 48.0 Å². The Morgan fingerprint density at radius 1 is 0.943 bits per heavy atom. The first-order valence-corrected chi connectivity index (χ1v) is 11.6. The fourth-order valence-corrected chi connectivity index (χ4v) is 2.76. The quantitative estimate of drug-likeness (QED) is 0.121. The van der Waals surface area contributed by atoms with Crippen LogP contribution in [0.1, 0.15) is 22.3 Å². The summed E-state index contributed by atoms with van der Waals surface area (Å²) in [6.07, 6.45) is 2.29. The Morgan fingerprint density at radius 3 is 2.26 bits per heavy atom. The van der Waals surface area contributed by atoms with Crippen molar-refractivity contribution in [3.63, 3.8) is 0 Å². The maximum absolute atomic E-state index is 12.3. The molecule has 35 heavy (non-hydrogen) atoms. The molecule has 2 aromatic rings. The van der Waals surface area contributed by atoms with Crippen LogP contribution in [0.15, 0.2) is 36.9 Å². The van der Waals surface area contributed by atoms with Gasteiger partial charge in [-0.15, -0.1) is 6.58 Å². The normalized spacial score (nSPS) is 10.6. The molecular weight excluding hydrogens is 452 g/mol. The molecule has 0 saturated carbocycles. The molecule has 1 aromatic heterocycles. The van der Waals surface area contributed by atoms with Crippen LogP contribution in [0.5, 0.6) is 0 Å². The van der Waals surface area contributed by atoms with E-state index in [9.17, 15) is 4.79 Å². The molecule has 12 nitrogen and oxygen atoms in total. The molecule has 0 spiro atoms. The standard InChI is InChI=1S/C23H36N8O4/c1-2-9-26-21-29-22(27-10-3-12-32)31-23(30-21)28-17-18-4-6-19(7-5-18)20(33)25-11-14-35-16-15-34-13-8-24/h2,4-7,32H,1,3,8-17,24H2,(H,25,33)(H3,26,27,28,29,30,31). The number of hydrogen-bond donors (Lipinski definition) is 6. The van der Waals surface area contributed by atoms with E-state index >= 15 is 0 Å². The van der Waals surface area contributed by atoms with Crippen LogP contribution in [0.25, 0.3) is 0 Å². The van der Waals surface area contributed by atoms with E-state index in [0.29, 0.717) is 89.0 Å². The van der Waals surface area contributed by atoms with Crippen molar-refractivity contribution in [1.29, 1.82) is 0 Å². The van der Waals surface area contributed by atoms with Gasteiger partial charge in [0.15, 0.2) is 0 Å². The Bertz CT molecular complexity index is 882. The van der Waals surface area contributed by atoms with Gasteiger partial charge in [0.1, 0.15) is 0 Å². The topological polar surface area (TPSA) is 169 Å². The lowest BCUT2D eigenvalue weighted by Crippen LogP contribution is -2.27. The van der Waals surface area contributed by atoms with Gasteiger partial charge in [-0.1, -0.05) is 18.2 Å². The van der Waals surface area contributed by atoms with E-state index in [4.69, 9.17) is 20.3 Å². The second-order valence-corrected chi connectivity index (χ2v) is 7.30. The van der Waals surface area contributed by atoms with Gasteiger partial charge in [-0.05, 0) is 24.1 Å². The average Bonchev–Trinajstić information content (AvgIpc) is 2.88. The van der Waals surface area contributed by atoms with Gasteiger partial charge in [0.05, 0.1) is 26.4 Å². The Morgan fingerprint density at radius 2 is 1.60 bits per heavy atom. The number of aliphatic hydroxyl groups is 1. The average molecular weight is 489 g/mol. The van der Waals surface area contributed by atoms with Crippen molar-refractivity contribution in [1.82, 2.24) is 20.3 Å². The number of carbonyl (C=O) groups is 1. The SMILES string of the molecule is C=CCNc1nc(NCCCO)nc(NCc2ccc(C(=O)NCCOCCOCCN)cc2)n1. The third-order valence-electron chi connectivity index (χ3n) is 4.49. The lowest BCUT2D eigenvalue weighted by molar-refractivity contribution is 0.0511. The fraction of sp³-hybridized carbons (Fsp3) is 0.478. The van der Waals surface area contributed by atoms with E-state index in [2.05, 4.69) is 42.8 Å². The molecule has 1 amide bonds. The van der Waals surface area contributed by atoms with Crippen molar-refractivity contribution in [3.8, 4) is 0 Å². The van der Waals surface area contributed by atoms with Crippen molar-refractivity contribution in [2.75, 3.05) is 75.2 Å². The highest BCUT2D eigenvalue weighted by Crippen LogP contribution is 2.12. The Kier molecular flexibility index (Phi) is 13.7. The monoisotopic (exact) mass is 488 g/mol. The largest absolute Gasteiger partial charge is 0.396 e. The van der Waals surface area contributed by atoms with Crippen LogP contribution in [0.2, 0.25) is 0 Å². The van der Waals surface area contributed by atoms with Gasteiger partial charge in [0.25, 0.3) is 5.91 Å². The number of hydrogen-bond acceptors (Lipinski definition) is 11. The summed E-state index contributed by atoms with van der Waals surface area (Å²) in [5.41, 5.74) is 6.86. The van der Waals surface area contributed by atoms with E-state index < -0.39 is 0 Å². The zero-order chi connectivity index (χ0) is 25.1. The minimum atomic E-state index is -0.165. The summed E-state index contributed by atoms with van der Waals surface area (Å²) in [7, 11) is 0. The number of carbonyl (C=O) groups excluding carboxylic acids is 1. The number of nitrogens with zero attached hydrogens (tertiary/aromatic N) is 3. The van der Waals surface area contributed by atoms with Crippen molar-refractivity contribution in [2.45, 2.75) is 13.0 Å². The second kappa shape index (κ2) is 17.2. The van der Waals surface area contributed by atoms with Crippen molar-refractivity contribution < 1.29 is 19.4 Å². The summed E-state index contributed by atoms with van der Waals surface area (Å²) in [4.78, 5) is 25.3. The first-order chi connectivity index (χ1) is 17.2. The van der Waals surface area contributed by atoms with Crippen LogP contribution in [0.3, 0.4) is 0 Å². The second-order valence-electron chi connectivity index (χ2n) is 7.30. The number of anilines is 3. The zero-order valence-corrected chi connectivity index (χ0v) is 20.0. The maximum atomic E-state index is 12.3. The van der Waals surface area contributed by atoms with Gasteiger partial charge >= 0.3 is 0 Å². The van der Waals surface area contributed by atoms with Crippen molar-refractivity contribution in [2.24, 2.45) is 5.73 Å². The summed E-state index contributed by atoms with van der Waals surface area (Å²) in [6, 6.07) is 7.26. The number of aromatic nitrogens is 3. The highest BCUT2D eigenvalue weighted by molar-refractivity contribution is 5.94. The van der Waals surface area contributed by atoms with Crippen LogP contribution in [-0.2, 0) is 16.0 Å². The molecular formula is C23H36N8O4. The van der Waals surface area contributed by atoms with Crippen LogP contribution in [-0.4, -0.2) is 85.2 Å². The summed E-state index contributed by atoms with van der Waals surface area (Å²) >= 11 is 0. The predicted molar refractivity (Wildman–Crippen MR) is 136 cm³/mol. The summed E-state index contributed by atoms with van der Waals surface area (Å²) in [5, 5.41) is 21.1.